The van der Waals surface area contributed by atoms with Crippen LogP contribution in [0.1, 0.15) is 37.9 Å². The van der Waals surface area contributed by atoms with Crippen LogP contribution in [0.15, 0.2) is 30.6 Å². The summed E-state index contributed by atoms with van der Waals surface area (Å²) < 4.78 is 0. The maximum Gasteiger partial charge on any atom is 0.154 e. The van der Waals surface area contributed by atoms with Gasteiger partial charge in [-0.3, -0.25) is 0 Å². The lowest BCUT2D eigenvalue weighted by Gasteiger charge is -2.11. The number of pyridine rings is 2. The van der Waals surface area contributed by atoms with Crippen LogP contribution in [0.5, 0.6) is 0 Å². The lowest BCUT2D eigenvalue weighted by Crippen LogP contribution is -2.12. The first kappa shape index (κ1) is 16.5. The Labute approximate surface area is 151 Å². The second-order valence-electron chi connectivity index (χ2n) is 6.48. The van der Waals surface area contributed by atoms with Crippen molar-refractivity contribution in [3.63, 3.8) is 0 Å². The van der Waals surface area contributed by atoms with Gasteiger partial charge < -0.3 is 21.0 Å². The van der Waals surface area contributed by atoms with E-state index in [1.165, 1.54) is 0 Å². The first-order valence-corrected chi connectivity index (χ1v) is 8.97. The number of hydrogen-bond acceptors (Lipinski definition) is 5. The van der Waals surface area contributed by atoms with Gasteiger partial charge in [0.1, 0.15) is 16.7 Å². The molecule has 0 saturated carbocycles. The molecule has 0 fully saturated rings. The standard InChI is InChI=1S/C19H23N7/c1-3-4-6-12(20)13-7-5-8-14(24-13)15-9-11-16-17(23-10-22-16)19(21-2)26-18(11)25-15/h5,7-10,12H,3-4,6,20H2,1-2H3,(H,22,23)(H2,21,25,26)/t12-/m0/s1. The summed E-state index contributed by atoms with van der Waals surface area (Å²) >= 11 is 0. The number of aromatic nitrogens is 5. The maximum atomic E-state index is 6.29. The molecule has 0 bridgehead atoms. The number of nitrogens with one attached hydrogen (secondary N) is 3. The highest BCUT2D eigenvalue weighted by molar-refractivity contribution is 6.06. The number of anilines is 1. The van der Waals surface area contributed by atoms with E-state index in [0.29, 0.717) is 0 Å². The van der Waals surface area contributed by atoms with Crippen molar-refractivity contribution in [1.29, 1.82) is 0 Å². The molecule has 7 heteroatoms. The molecule has 4 rings (SSSR count). The topological polar surface area (TPSA) is 108 Å². The Kier molecular flexibility index (Phi) is 4.30. The molecule has 26 heavy (non-hydrogen) atoms. The molecular formula is C19H23N7. The van der Waals surface area contributed by atoms with E-state index in [1.54, 1.807) is 6.33 Å². The van der Waals surface area contributed by atoms with Crippen molar-refractivity contribution >= 4 is 27.9 Å². The zero-order valence-electron chi connectivity index (χ0n) is 15.0. The molecule has 0 amide bonds. The lowest BCUT2D eigenvalue weighted by atomic mass is 10.1. The van der Waals surface area contributed by atoms with Gasteiger partial charge in [-0.25, -0.2) is 15.0 Å². The highest BCUT2D eigenvalue weighted by Gasteiger charge is 2.15. The highest BCUT2D eigenvalue weighted by Crippen LogP contribution is 2.30. The van der Waals surface area contributed by atoms with Crippen LogP contribution < -0.4 is 11.1 Å². The molecule has 7 nitrogen and oxygen atoms in total. The molecular weight excluding hydrogens is 326 g/mol. The van der Waals surface area contributed by atoms with Crippen LogP contribution in [-0.2, 0) is 0 Å². The summed E-state index contributed by atoms with van der Waals surface area (Å²) in [5, 5.41) is 4.08. The first-order valence-electron chi connectivity index (χ1n) is 8.97. The van der Waals surface area contributed by atoms with Gasteiger partial charge in [-0.05, 0) is 24.6 Å². The molecule has 4 heterocycles. The molecule has 0 unspecified atom stereocenters. The van der Waals surface area contributed by atoms with Crippen LogP contribution in [0.4, 0.5) is 5.82 Å². The fourth-order valence-corrected chi connectivity index (χ4v) is 3.26. The smallest absolute Gasteiger partial charge is 0.154 e. The van der Waals surface area contributed by atoms with Crippen LogP contribution >= 0.6 is 0 Å². The van der Waals surface area contributed by atoms with Crippen molar-refractivity contribution < 1.29 is 0 Å². The van der Waals surface area contributed by atoms with Gasteiger partial charge in [-0.15, -0.1) is 0 Å². The number of nitrogens with zero attached hydrogens (tertiary/aromatic N) is 3. The predicted octanol–water partition coefficient (Wildman–Crippen LogP) is 3.73. The van der Waals surface area contributed by atoms with Crippen molar-refractivity contribution in [3.05, 3.63) is 36.3 Å². The van der Waals surface area contributed by atoms with Gasteiger partial charge in [0, 0.05) is 18.5 Å². The van der Waals surface area contributed by atoms with Gasteiger partial charge in [0.15, 0.2) is 5.82 Å². The molecule has 0 aliphatic heterocycles. The molecule has 1 atom stereocenters. The van der Waals surface area contributed by atoms with E-state index < -0.39 is 0 Å². The molecule has 4 aromatic heterocycles. The van der Waals surface area contributed by atoms with E-state index in [9.17, 15) is 0 Å². The molecule has 0 radical (unpaired) electrons. The lowest BCUT2D eigenvalue weighted by molar-refractivity contribution is 0.591. The summed E-state index contributed by atoms with van der Waals surface area (Å²) in [6.07, 6.45) is 4.87. The molecule has 0 aromatic carbocycles. The highest BCUT2D eigenvalue weighted by atomic mass is 15.0. The zero-order valence-corrected chi connectivity index (χ0v) is 15.0. The Bertz CT molecular complexity index is 1050. The molecule has 0 aliphatic carbocycles. The Morgan fingerprint density at radius 3 is 2.96 bits per heavy atom. The minimum absolute atomic E-state index is 0.0358. The zero-order chi connectivity index (χ0) is 18.1. The summed E-state index contributed by atoms with van der Waals surface area (Å²) in [6.45, 7) is 2.17. The van der Waals surface area contributed by atoms with Gasteiger partial charge in [-0.1, -0.05) is 25.8 Å². The number of nitrogens with two attached hydrogens (primary N) is 1. The van der Waals surface area contributed by atoms with Crippen molar-refractivity contribution in [2.24, 2.45) is 5.73 Å². The van der Waals surface area contributed by atoms with Crippen LogP contribution in [0.25, 0.3) is 33.5 Å². The van der Waals surface area contributed by atoms with Crippen LogP contribution in [0, 0.1) is 0 Å². The van der Waals surface area contributed by atoms with Crippen LogP contribution in [0.2, 0.25) is 0 Å². The normalized spacial score (nSPS) is 12.7. The summed E-state index contributed by atoms with van der Waals surface area (Å²) in [7, 11) is 1.85. The van der Waals surface area contributed by atoms with E-state index in [-0.39, 0.29) is 6.04 Å². The number of imidazole rings is 1. The number of fused-ring (bicyclic) bond motifs is 3. The first-order chi connectivity index (χ1) is 12.7. The summed E-state index contributed by atoms with van der Waals surface area (Å²) in [5.74, 6) is 0.765. The molecule has 134 valence electrons. The van der Waals surface area contributed by atoms with Gasteiger partial charge in [0.2, 0.25) is 0 Å². The number of unbranched alkanes of at least 4 members (excludes halogenated alkanes) is 1. The maximum absolute atomic E-state index is 6.29. The number of rotatable bonds is 6. The minimum Gasteiger partial charge on any atom is -0.371 e. The Hall–Kier alpha value is -2.93. The van der Waals surface area contributed by atoms with E-state index in [1.807, 2.05) is 25.2 Å². The number of aromatic amines is 2. The third kappa shape index (κ3) is 2.80. The summed E-state index contributed by atoms with van der Waals surface area (Å²) in [5.41, 5.74) is 11.6. The van der Waals surface area contributed by atoms with E-state index in [4.69, 9.17) is 10.7 Å². The van der Waals surface area contributed by atoms with E-state index in [2.05, 4.69) is 38.2 Å². The summed E-state index contributed by atoms with van der Waals surface area (Å²) in [6, 6.07) is 8.00. The SMILES string of the molecule is CCCC[C@H](N)c1cccc(-c2cc3c(nc(NC)c4[nH]cnc43)[nH]2)n1. The third-order valence-electron chi connectivity index (χ3n) is 4.68. The van der Waals surface area contributed by atoms with Crippen molar-refractivity contribution in [2.45, 2.75) is 32.2 Å². The van der Waals surface area contributed by atoms with Crippen LogP contribution in [-0.4, -0.2) is 32.0 Å². The second kappa shape index (κ2) is 6.76. The number of hydrogen-bond donors (Lipinski definition) is 4. The molecule has 0 aliphatic rings. The second-order valence-corrected chi connectivity index (χ2v) is 6.48. The van der Waals surface area contributed by atoms with Gasteiger partial charge >= 0.3 is 0 Å². The van der Waals surface area contributed by atoms with Gasteiger partial charge in [0.05, 0.1) is 23.4 Å². The molecule has 4 aromatic rings. The monoisotopic (exact) mass is 349 g/mol. The Morgan fingerprint density at radius 2 is 2.15 bits per heavy atom. The third-order valence-corrected chi connectivity index (χ3v) is 4.68. The summed E-state index contributed by atoms with van der Waals surface area (Å²) in [4.78, 5) is 20.4. The molecule has 0 saturated heterocycles. The fraction of sp³-hybridized carbons (Fsp3) is 0.316. The predicted molar refractivity (Wildman–Crippen MR) is 105 cm³/mol. The van der Waals surface area contributed by atoms with Crippen LogP contribution in [0.3, 0.4) is 0 Å². The van der Waals surface area contributed by atoms with E-state index in [0.717, 1.165) is 64.2 Å². The Morgan fingerprint density at radius 1 is 1.27 bits per heavy atom. The van der Waals surface area contributed by atoms with Crippen molar-refractivity contribution in [1.82, 2.24) is 24.9 Å². The van der Waals surface area contributed by atoms with Crippen molar-refractivity contribution in [2.75, 3.05) is 12.4 Å². The Balaban J connectivity index is 1.77. The van der Waals surface area contributed by atoms with E-state index >= 15 is 0 Å². The average Bonchev–Trinajstić information content (AvgIpc) is 3.31. The van der Waals surface area contributed by atoms with Crippen molar-refractivity contribution in [3.8, 4) is 11.4 Å². The average molecular weight is 349 g/mol. The van der Waals surface area contributed by atoms with Gasteiger partial charge in [-0.2, -0.15) is 0 Å². The molecule has 0 spiro atoms. The molecule has 5 N–H and O–H groups in total. The minimum atomic E-state index is -0.0358. The largest absolute Gasteiger partial charge is 0.371 e. The quantitative estimate of drug-likeness (QED) is 0.424. The van der Waals surface area contributed by atoms with Gasteiger partial charge in [0.25, 0.3) is 0 Å². The number of H-pyrrole nitrogens is 2. The fourth-order valence-electron chi connectivity index (χ4n) is 3.26.